The number of nitrogens with one attached hydrogen (secondary N) is 1. The summed E-state index contributed by atoms with van der Waals surface area (Å²) in [5.74, 6) is -2.01. The fourth-order valence-corrected chi connectivity index (χ4v) is 3.49. The van der Waals surface area contributed by atoms with Crippen molar-refractivity contribution in [2.45, 2.75) is 51.3 Å². The molecule has 2 N–H and O–H groups in total. The Kier molecular flexibility index (Phi) is 6.09. The summed E-state index contributed by atoms with van der Waals surface area (Å²) in [6.07, 6.45) is 0.553. The number of nitrogens with zero attached hydrogens (tertiary/aromatic N) is 5. The van der Waals surface area contributed by atoms with Crippen molar-refractivity contribution in [2.24, 2.45) is 5.92 Å². The zero-order valence-corrected chi connectivity index (χ0v) is 17.3. The van der Waals surface area contributed by atoms with Gasteiger partial charge in [-0.2, -0.15) is 23.1 Å². The van der Waals surface area contributed by atoms with Crippen molar-refractivity contribution < 1.29 is 22.7 Å². The molecule has 2 atom stereocenters. The van der Waals surface area contributed by atoms with Crippen LogP contribution in [0, 0.1) is 5.92 Å². The minimum atomic E-state index is -4.32. The summed E-state index contributed by atoms with van der Waals surface area (Å²) in [5, 5.41) is 12.9. The summed E-state index contributed by atoms with van der Waals surface area (Å²) >= 11 is 0. The molecule has 0 aromatic carbocycles. The molecule has 32 heavy (non-hydrogen) atoms. The van der Waals surface area contributed by atoms with E-state index < -0.39 is 24.0 Å². The van der Waals surface area contributed by atoms with Crippen LogP contribution >= 0.6 is 0 Å². The summed E-state index contributed by atoms with van der Waals surface area (Å²) < 4.78 is 55.2. The molecule has 0 fully saturated rings. The Morgan fingerprint density at radius 1 is 1.25 bits per heavy atom. The fraction of sp³-hybridized carbons (Fsp3) is 0.429. The van der Waals surface area contributed by atoms with E-state index in [-0.39, 0.29) is 36.0 Å². The van der Waals surface area contributed by atoms with E-state index in [9.17, 15) is 22.7 Å². The summed E-state index contributed by atoms with van der Waals surface area (Å²) in [5.41, 5.74) is 1.43. The Balaban J connectivity index is 1.67. The van der Waals surface area contributed by atoms with Crippen LogP contribution in [0.2, 0.25) is 0 Å². The number of halogens is 4. The molecule has 0 bridgehead atoms. The van der Waals surface area contributed by atoms with E-state index >= 15 is 0 Å². The zero-order valence-electron chi connectivity index (χ0n) is 17.3. The van der Waals surface area contributed by atoms with Gasteiger partial charge < -0.3 is 14.8 Å². The van der Waals surface area contributed by atoms with E-state index in [4.69, 9.17) is 0 Å². The number of alkyl halides is 3. The largest absolute Gasteiger partial charge is 0.391 e. The molecule has 1 aliphatic carbocycles. The lowest BCUT2D eigenvalue weighted by Crippen LogP contribution is -2.21. The third-order valence-corrected chi connectivity index (χ3v) is 5.45. The van der Waals surface area contributed by atoms with Gasteiger partial charge in [-0.1, -0.05) is 6.92 Å². The first-order valence-corrected chi connectivity index (χ1v) is 10.3. The molecule has 1 unspecified atom stereocenters. The first-order valence-electron chi connectivity index (χ1n) is 10.3. The van der Waals surface area contributed by atoms with Crippen molar-refractivity contribution in [3.63, 3.8) is 0 Å². The lowest BCUT2D eigenvalue weighted by Gasteiger charge is -2.20. The molecule has 0 amide bonds. The first-order chi connectivity index (χ1) is 15.2. The van der Waals surface area contributed by atoms with E-state index in [2.05, 4.69) is 25.3 Å². The molecule has 1 aliphatic rings. The zero-order chi connectivity index (χ0) is 22.9. The fourth-order valence-electron chi connectivity index (χ4n) is 3.49. The highest BCUT2D eigenvalue weighted by atomic mass is 19.4. The maximum Gasteiger partial charge on any atom is 0.391 e. The molecule has 3 aromatic heterocycles. The predicted molar refractivity (Wildman–Crippen MR) is 110 cm³/mol. The SMILES string of the molecule is C[C@@H](CCc1nc(Nc2ccn3ccnc3c2)nc(C2=C(F)C(O)CCC2)n1)C(F)(F)F. The Morgan fingerprint density at radius 2 is 2.06 bits per heavy atom. The van der Waals surface area contributed by atoms with Crippen LogP contribution in [0.25, 0.3) is 11.2 Å². The predicted octanol–water partition coefficient (Wildman–Crippen LogP) is 4.62. The van der Waals surface area contributed by atoms with Crippen molar-refractivity contribution in [1.29, 1.82) is 0 Å². The van der Waals surface area contributed by atoms with Gasteiger partial charge in [0.1, 0.15) is 23.4 Å². The van der Waals surface area contributed by atoms with E-state index in [1.54, 1.807) is 35.1 Å². The second-order valence-electron chi connectivity index (χ2n) is 7.85. The number of allylic oxidation sites excluding steroid dienone is 1. The quantitative estimate of drug-likeness (QED) is 0.533. The number of aliphatic hydroxyl groups excluding tert-OH is 1. The van der Waals surface area contributed by atoms with Gasteiger partial charge in [0, 0.05) is 42.3 Å². The number of hydrogen-bond acceptors (Lipinski definition) is 6. The van der Waals surface area contributed by atoms with Gasteiger partial charge in [0.15, 0.2) is 5.82 Å². The smallest absolute Gasteiger partial charge is 0.386 e. The van der Waals surface area contributed by atoms with Crippen molar-refractivity contribution in [3.05, 3.63) is 48.2 Å². The van der Waals surface area contributed by atoms with Gasteiger partial charge in [-0.05, 0) is 31.7 Å². The number of fused-ring (bicyclic) bond motifs is 1. The van der Waals surface area contributed by atoms with Gasteiger partial charge >= 0.3 is 6.18 Å². The topological polar surface area (TPSA) is 88.2 Å². The molecule has 3 heterocycles. The van der Waals surface area contributed by atoms with Gasteiger partial charge in [0.25, 0.3) is 0 Å². The van der Waals surface area contributed by atoms with Crippen LogP contribution in [0.4, 0.5) is 29.2 Å². The molecule has 3 aromatic rings. The molecule has 7 nitrogen and oxygen atoms in total. The minimum Gasteiger partial charge on any atom is -0.386 e. The van der Waals surface area contributed by atoms with E-state index in [0.29, 0.717) is 30.6 Å². The van der Waals surface area contributed by atoms with Gasteiger partial charge in [0.2, 0.25) is 5.95 Å². The highest BCUT2D eigenvalue weighted by molar-refractivity contribution is 5.65. The lowest BCUT2D eigenvalue weighted by molar-refractivity contribution is -0.171. The monoisotopic (exact) mass is 450 g/mol. The van der Waals surface area contributed by atoms with Crippen LogP contribution in [0.5, 0.6) is 0 Å². The standard InChI is InChI=1S/C21H22F4N6O/c1-12(21(23,24)25)5-6-16-28-19(14-3-2-4-15(32)18(14)22)30-20(29-16)27-13-7-9-31-10-8-26-17(31)11-13/h7-12,15,32H,2-6H2,1H3,(H,27,28,29,30)/t12-,15?/m0/s1. The molecule has 0 saturated carbocycles. The Hall–Kier alpha value is -3.08. The summed E-state index contributed by atoms with van der Waals surface area (Å²) in [6, 6.07) is 3.51. The van der Waals surface area contributed by atoms with Crippen LogP contribution in [0.15, 0.2) is 36.6 Å². The van der Waals surface area contributed by atoms with Crippen molar-refractivity contribution in [2.75, 3.05) is 5.32 Å². The number of anilines is 2. The normalized spacial score (nSPS) is 18.2. The molecule has 170 valence electrons. The van der Waals surface area contributed by atoms with Crippen LogP contribution in [0.3, 0.4) is 0 Å². The lowest BCUT2D eigenvalue weighted by atomic mass is 9.95. The third-order valence-electron chi connectivity index (χ3n) is 5.45. The molecule has 0 radical (unpaired) electrons. The Labute approximate surface area is 181 Å². The number of aryl methyl sites for hydroxylation is 1. The maximum atomic E-state index is 14.6. The number of pyridine rings is 1. The van der Waals surface area contributed by atoms with Gasteiger partial charge in [-0.25, -0.2) is 14.4 Å². The van der Waals surface area contributed by atoms with Crippen LogP contribution in [0.1, 0.15) is 44.3 Å². The summed E-state index contributed by atoms with van der Waals surface area (Å²) in [6.45, 7) is 1.10. The van der Waals surface area contributed by atoms with Crippen molar-refractivity contribution in [1.82, 2.24) is 24.3 Å². The first kappa shape index (κ1) is 22.1. The molecule has 0 saturated heterocycles. The van der Waals surface area contributed by atoms with Crippen LogP contribution < -0.4 is 5.32 Å². The summed E-state index contributed by atoms with van der Waals surface area (Å²) in [7, 11) is 0. The van der Waals surface area contributed by atoms with Crippen molar-refractivity contribution in [3.8, 4) is 0 Å². The average Bonchev–Trinajstić information content (AvgIpc) is 3.21. The molecule has 0 spiro atoms. The number of hydrogen-bond donors (Lipinski definition) is 2. The summed E-state index contributed by atoms with van der Waals surface area (Å²) in [4.78, 5) is 17.0. The number of aliphatic hydroxyl groups is 1. The van der Waals surface area contributed by atoms with Gasteiger partial charge in [0.05, 0.1) is 5.92 Å². The van der Waals surface area contributed by atoms with Crippen LogP contribution in [-0.4, -0.2) is 41.7 Å². The van der Waals surface area contributed by atoms with Gasteiger partial charge in [-0.3, -0.25) is 0 Å². The highest BCUT2D eigenvalue weighted by Crippen LogP contribution is 2.33. The second-order valence-corrected chi connectivity index (χ2v) is 7.85. The number of aromatic nitrogens is 5. The third kappa shape index (κ3) is 4.87. The molecular formula is C21H22F4N6O. The average molecular weight is 450 g/mol. The van der Waals surface area contributed by atoms with Crippen molar-refractivity contribution >= 4 is 22.9 Å². The highest BCUT2D eigenvalue weighted by Gasteiger charge is 2.35. The Morgan fingerprint density at radius 3 is 2.84 bits per heavy atom. The molecular weight excluding hydrogens is 428 g/mol. The molecule has 11 heteroatoms. The second kappa shape index (κ2) is 8.81. The van der Waals surface area contributed by atoms with E-state index in [0.717, 1.165) is 6.92 Å². The number of rotatable bonds is 6. The molecule has 0 aliphatic heterocycles. The van der Waals surface area contributed by atoms with Gasteiger partial charge in [-0.15, -0.1) is 0 Å². The van der Waals surface area contributed by atoms with E-state index in [1.165, 1.54) is 0 Å². The number of imidazole rings is 1. The van der Waals surface area contributed by atoms with E-state index in [1.807, 2.05) is 0 Å². The maximum absolute atomic E-state index is 14.6. The Bertz CT molecular complexity index is 1140. The molecule has 4 rings (SSSR count). The van der Waals surface area contributed by atoms with Crippen LogP contribution in [-0.2, 0) is 6.42 Å². The minimum absolute atomic E-state index is 0.0234.